The molecule has 0 N–H and O–H groups in total. The van der Waals surface area contributed by atoms with E-state index in [2.05, 4.69) is 0 Å². The Bertz CT molecular complexity index is 494. The van der Waals surface area contributed by atoms with Crippen LogP contribution < -0.4 is 0 Å². The Morgan fingerprint density at radius 3 is 2.00 bits per heavy atom. The number of ether oxygens (including phenoxy) is 2. The van der Waals surface area contributed by atoms with Crippen LogP contribution in [0.1, 0.15) is 38.5 Å². The van der Waals surface area contributed by atoms with Crippen LogP contribution in [-0.4, -0.2) is 60.4 Å². The van der Waals surface area contributed by atoms with Gasteiger partial charge in [0.05, 0.1) is 13.2 Å². The van der Waals surface area contributed by atoms with Crippen molar-refractivity contribution < 1.29 is 19.1 Å². The monoisotopic (exact) mass is 294 g/mol. The summed E-state index contributed by atoms with van der Waals surface area (Å²) in [5.41, 5.74) is -0.385. The molecule has 0 unspecified atom stereocenters. The summed E-state index contributed by atoms with van der Waals surface area (Å²) in [7, 11) is 3.33. The van der Waals surface area contributed by atoms with Crippen molar-refractivity contribution in [3.63, 3.8) is 0 Å². The molecule has 21 heavy (non-hydrogen) atoms. The molecule has 0 aromatic heterocycles. The van der Waals surface area contributed by atoms with Crippen molar-refractivity contribution in [3.8, 4) is 0 Å². The van der Waals surface area contributed by atoms with Crippen LogP contribution in [0, 0.1) is 5.41 Å². The van der Waals surface area contributed by atoms with Gasteiger partial charge in [-0.1, -0.05) is 0 Å². The van der Waals surface area contributed by atoms with E-state index in [0.29, 0.717) is 13.2 Å². The Labute approximate surface area is 124 Å². The van der Waals surface area contributed by atoms with E-state index in [1.54, 1.807) is 19.0 Å². The number of urea groups is 1. The van der Waals surface area contributed by atoms with Crippen LogP contribution in [-0.2, 0) is 14.3 Å². The zero-order chi connectivity index (χ0) is 14.9. The number of imide groups is 1. The third-order valence-corrected chi connectivity index (χ3v) is 6.14. The van der Waals surface area contributed by atoms with Gasteiger partial charge in [0.15, 0.2) is 5.79 Å². The van der Waals surface area contributed by atoms with Crippen molar-refractivity contribution in [2.45, 2.75) is 49.9 Å². The number of rotatable bonds is 0. The van der Waals surface area contributed by atoms with Crippen molar-refractivity contribution in [1.82, 2.24) is 9.80 Å². The van der Waals surface area contributed by atoms with E-state index < -0.39 is 5.54 Å². The molecule has 4 aliphatic rings. The first-order valence-corrected chi connectivity index (χ1v) is 7.76. The molecule has 2 aliphatic carbocycles. The Kier molecular flexibility index (Phi) is 2.56. The van der Waals surface area contributed by atoms with Crippen LogP contribution >= 0.6 is 0 Å². The molecule has 6 heteroatoms. The first-order chi connectivity index (χ1) is 9.92. The fourth-order valence-electron chi connectivity index (χ4n) is 4.83. The Morgan fingerprint density at radius 2 is 1.52 bits per heavy atom. The molecule has 4 fully saturated rings. The SMILES string of the molecule is CN1C(=O)N(C)C2(CC3(CCC4(CC3)OCCO4)C2)C1=O. The van der Waals surface area contributed by atoms with Crippen molar-refractivity contribution in [1.29, 1.82) is 0 Å². The van der Waals surface area contributed by atoms with Crippen LogP contribution in [0.5, 0.6) is 0 Å². The van der Waals surface area contributed by atoms with Gasteiger partial charge < -0.3 is 14.4 Å². The standard InChI is InChI=1S/C15H22N2O4/c1-16-11(18)14(17(2)12(16)19)9-13(10-14)3-5-15(6-4-13)20-7-8-21-15/h3-10H2,1-2H3. The third-order valence-electron chi connectivity index (χ3n) is 6.14. The summed E-state index contributed by atoms with van der Waals surface area (Å²) < 4.78 is 11.5. The lowest BCUT2D eigenvalue weighted by atomic mass is 9.51. The lowest BCUT2D eigenvalue weighted by Gasteiger charge is -2.58. The molecule has 2 saturated carbocycles. The van der Waals surface area contributed by atoms with E-state index in [4.69, 9.17) is 9.47 Å². The van der Waals surface area contributed by atoms with Crippen molar-refractivity contribution in [2.24, 2.45) is 5.41 Å². The number of carbonyl (C=O) groups excluding carboxylic acids is 2. The predicted octanol–water partition coefficient (Wildman–Crippen LogP) is 1.35. The molecule has 0 bridgehead atoms. The summed E-state index contributed by atoms with van der Waals surface area (Å²) >= 11 is 0. The highest BCUT2D eigenvalue weighted by Crippen LogP contribution is 2.62. The maximum absolute atomic E-state index is 12.4. The Hall–Kier alpha value is -1.14. The minimum absolute atomic E-state index is 0.0331. The average molecular weight is 294 g/mol. The van der Waals surface area contributed by atoms with Crippen molar-refractivity contribution >= 4 is 11.9 Å². The number of amides is 3. The zero-order valence-corrected chi connectivity index (χ0v) is 12.7. The molecule has 2 aliphatic heterocycles. The molecule has 2 saturated heterocycles. The minimum Gasteiger partial charge on any atom is -0.348 e. The molecule has 0 atom stereocenters. The van der Waals surface area contributed by atoms with E-state index in [9.17, 15) is 9.59 Å². The van der Waals surface area contributed by atoms with E-state index in [1.807, 2.05) is 0 Å². The highest BCUT2D eigenvalue weighted by molar-refractivity contribution is 6.07. The van der Waals surface area contributed by atoms with Gasteiger partial charge in [0.25, 0.3) is 5.91 Å². The van der Waals surface area contributed by atoms with E-state index in [1.165, 1.54) is 4.90 Å². The number of carbonyl (C=O) groups is 2. The molecular weight excluding hydrogens is 272 g/mol. The highest BCUT2D eigenvalue weighted by atomic mass is 16.7. The van der Waals surface area contributed by atoms with E-state index in [-0.39, 0.29) is 23.1 Å². The second-order valence-corrected chi connectivity index (χ2v) is 7.20. The summed E-state index contributed by atoms with van der Waals surface area (Å²) in [5, 5.41) is 0. The largest absolute Gasteiger partial charge is 0.348 e. The second-order valence-electron chi connectivity index (χ2n) is 7.20. The van der Waals surface area contributed by atoms with Gasteiger partial charge in [0.2, 0.25) is 0 Å². The molecule has 0 aromatic rings. The van der Waals surface area contributed by atoms with Crippen molar-refractivity contribution in [2.75, 3.05) is 27.3 Å². The minimum atomic E-state index is -0.576. The van der Waals surface area contributed by atoms with Gasteiger partial charge in [0, 0.05) is 26.9 Å². The third kappa shape index (κ3) is 1.60. The number of hydrogen-bond acceptors (Lipinski definition) is 4. The Balaban J connectivity index is 1.48. The quantitative estimate of drug-likeness (QED) is 0.633. The van der Waals surface area contributed by atoms with Crippen LogP contribution in [0.15, 0.2) is 0 Å². The van der Waals surface area contributed by atoms with Gasteiger partial charge in [-0.2, -0.15) is 0 Å². The molecule has 3 amide bonds. The van der Waals surface area contributed by atoms with E-state index in [0.717, 1.165) is 38.5 Å². The normalized spacial score (nSPS) is 32.5. The topological polar surface area (TPSA) is 59.1 Å². The highest BCUT2D eigenvalue weighted by Gasteiger charge is 2.67. The number of hydrogen-bond donors (Lipinski definition) is 0. The molecular formula is C15H22N2O4. The molecule has 2 heterocycles. The summed E-state index contributed by atoms with van der Waals surface area (Å²) in [6.45, 7) is 1.38. The smallest absolute Gasteiger partial charge is 0.327 e. The fraction of sp³-hybridized carbons (Fsp3) is 0.867. The second kappa shape index (κ2) is 3.98. The lowest BCUT2D eigenvalue weighted by Crippen LogP contribution is -2.64. The van der Waals surface area contributed by atoms with Crippen LogP contribution in [0.3, 0.4) is 0 Å². The summed E-state index contributed by atoms with van der Waals surface area (Å²) in [6.07, 6.45) is 5.44. The predicted molar refractivity (Wildman–Crippen MR) is 73.4 cm³/mol. The van der Waals surface area contributed by atoms with Crippen LogP contribution in [0.2, 0.25) is 0 Å². The summed E-state index contributed by atoms with van der Waals surface area (Å²) in [5.74, 6) is -0.388. The molecule has 0 radical (unpaired) electrons. The summed E-state index contributed by atoms with van der Waals surface area (Å²) in [4.78, 5) is 27.3. The first kappa shape index (κ1) is 13.5. The molecule has 0 aromatic carbocycles. The molecule has 116 valence electrons. The van der Waals surface area contributed by atoms with Gasteiger partial charge in [-0.15, -0.1) is 0 Å². The fourth-order valence-corrected chi connectivity index (χ4v) is 4.83. The number of nitrogens with zero attached hydrogens (tertiary/aromatic N) is 2. The van der Waals surface area contributed by atoms with Crippen LogP contribution in [0.25, 0.3) is 0 Å². The van der Waals surface area contributed by atoms with E-state index >= 15 is 0 Å². The molecule has 3 spiro atoms. The van der Waals surface area contributed by atoms with Gasteiger partial charge in [-0.05, 0) is 31.1 Å². The molecule has 4 rings (SSSR count). The first-order valence-electron chi connectivity index (χ1n) is 7.76. The zero-order valence-electron chi connectivity index (χ0n) is 12.7. The maximum Gasteiger partial charge on any atom is 0.327 e. The van der Waals surface area contributed by atoms with Gasteiger partial charge in [-0.25, -0.2) is 4.79 Å². The Morgan fingerprint density at radius 1 is 0.952 bits per heavy atom. The lowest BCUT2D eigenvalue weighted by molar-refractivity contribution is -0.209. The van der Waals surface area contributed by atoms with Gasteiger partial charge in [-0.3, -0.25) is 9.69 Å². The van der Waals surface area contributed by atoms with Crippen molar-refractivity contribution in [3.05, 3.63) is 0 Å². The van der Waals surface area contributed by atoms with Gasteiger partial charge in [0.1, 0.15) is 5.54 Å². The average Bonchev–Trinajstić information content (AvgIpc) is 2.96. The number of likely N-dealkylation sites (N-methyl/N-ethyl adjacent to an activating group) is 2. The molecule has 6 nitrogen and oxygen atoms in total. The van der Waals surface area contributed by atoms with Gasteiger partial charge >= 0.3 is 6.03 Å². The maximum atomic E-state index is 12.4. The van der Waals surface area contributed by atoms with Crippen LogP contribution in [0.4, 0.5) is 4.79 Å². The summed E-state index contributed by atoms with van der Waals surface area (Å²) in [6, 6.07) is -0.176.